The van der Waals surface area contributed by atoms with Gasteiger partial charge >= 0.3 is 0 Å². The smallest absolute Gasteiger partial charge is 0.0698 e. The van der Waals surface area contributed by atoms with Crippen LogP contribution < -0.4 is 0 Å². The van der Waals surface area contributed by atoms with Crippen molar-refractivity contribution >= 4 is 23.3 Å². The molecule has 0 aromatic heterocycles. The summed E-state index contributed by atoms with van der Waals surface area (Å²) < 4.78 is 0. The largest absolute Gasteiger partial charge is 0.292 e. The van der Waals surface area contributed by atoms with Crippen molar-refractivity contribution in [2.24, 2.45) is 4.99 Å². The van der Waals surface area contributed by atoms with Gasteiger partial charge in [0.2, 0.25) is 0 Å². The molecule has 0 bridgehead atoms. The van der Waals surface area contributed by atoms with Crippen LogP contribution in [-0.2, 0) is 0 Å². The van der Waals surface area contributed by atoms with Crippen molar-refractivity contribution in [3.05, 3.63) is 0 Å². The summed E-state index contributed by atoms with van der Waals surface area (Å²) in [6, 6.07) is 0. The summed E-state index contributed by atoms with van der Waals surface area (Å²) in [6.07, 6.45) is 4.06. The summed E-state index contributed by atoms with van der Waals surface area (Å²) in [6.45, 7) is 0.787. The summed E-state index contributed by atoms with van der Waals surface area (Å²) in [4.78, 5) is 5.09. The van der Waals surface area contributed by atoms with Gasteiger partial charge in [0.25, 0.3) is 0 Å². The Hall–Kier alpha value is -0.240. The first-order valence-electron chi connectivity index (χ1n) is 2.39. The standard InChI is InChI=1S/C5H7NS/c7-5-2-1-3-6-4-5/h3H,1-2,4H2. The van der Waals surface area contributed by atoms with E-state index in [2.05, 4.69) is 4.99 Å². The van der Waals surface area contributed by atoms with E-state index in [0.717, 1.165) is 24.3 Å². The zero-order chi connectivity index (χ0) is 5.11. The minimum Gasteiger partial charge on any atom is -0.292 e. The molecule has 1 rings (SSSR count). The van der Waals surface area contributed by atoms with E-state index in [9.17, 15) is 0 Å². The highest BCUT2D eigenvalue weighted by atomic mass is 32.1. The van der Waals surface area contributed by atoms with E-state index in [1.54, 1.807) is 0 Å². The second-order valence-electron chi connectivity index (χ2n) is 1.60. The maximum atomic E-state index is 4.89. The van der Waals surface area contributed by atoms with Gasteiger partial charge in [0.05, 0.1) is 6.54 Å². The normalized spacial score (nSPS) is 20.3. The topological polar surface area (TPSA) is 12.4 Å². The maximum absolute atomic E-state index is 4.89. The molecular weight excluding hydrogens is 106 g/mol. The zero-order valence-corrected chi connectivity index (χ0v) is 4.87. The average molecular weight is 113 g/mol. The van der Waals surface area contributed by atoms with Crippen LogP contribution in [0.3, 0.4) is 0 Å². The Morgan fingerprint density at radius 2 is 2.57 bits per heavy atom. The zero-order valence-electron chi connectivity index (χ0n) is 4.05. The Balaban J connectivity index is 2.47. The Bertz CT molecular complexity index is 107. The van der Waals surface area contributed by atoms with Gasteiger partial charge in [-0.1, -0.05) is 12.2 Å². The van der Waals surface area contributed by atoms with E-state index in [0.29, 0.717) is 0 Å². The van der Waals surface area contributed by atoms with Gasteiger partial charge in [-0.3, -0.25) is 4.99 Å². The van der Waals surface area contributed by atoms with Gasteiger partial charge in [-0.2, -0.15) is 0 Å². The van der Waals surface area contributed by atoms with Gasteiger partial charge in [-0.25, -0.2) is 0 Å². The molecule has 1 heterocycles. The van der Waals surface area contributed by atoms with Crippen molar-refractivity contribution in [2.45, 2.75) is 12.8 Å². The monoisotopic (exact) mass is 113 g/mol. The number of thiocarbonyl (C=S) groups is 1. The molecule has 1 aliphatic heterocycles. The van der Waals surface area contributed by atoms with Crippen LogP contribution in [0.5, 0.6) is 0 Å². The minimum atomic E-state index is 0.787. The average Bonchev–Trinajstić information content (AvgIpc) is 1.69. The summed E-state index contributed by atoms with van der Waals surface area (Å²) in [7, 11) is 0. The fourth-order valence-corrected chi connectivity index (χ4v) is 0.755. The molecule has 0 spiro atoms. The molecule has 0 saturated carbocycles. The van der Waals surface area contributed by atoms with Crippen molar-refractivity contribution in [1.29, 1.82) is 0 Å². The van der Waals surface area contributed by atoms with E-state index in [1.807, 2.05) is 6.21 Å². The lowest BCUT2D eigenvalue weighted by Gasteiger charge is -2.00. The molecule has 0 aliphatic carbocycles. The van der Waals surface area contributed by atoms with Gasteiger partial charge in [0.15, 0.2) is 0 Å². The molecule has 38 valence electrons. The Morgan fingerprint density at radius 3 is 2.86 bits per heavy atom. The van der Waals surface area contributed by atoms with Crippen LogP contribution in [0.15, 0.2) is 4.99 Å². The van der Waals surface area contributed by atoms with Crippen molar-refractivity contribution < 1.29 is 0 Å². The van der Waals surface area contributed by atoms with Crippen molar-refractivity contribution in [2.75, 3.05) is 6.54 Å². The van der Waals surface area contributed by atoms with Crippen LogP contribution in [0.4, 0.5) is 0 Å². The molecule has 0 fully saturated rings. The summed E-state index contributed by atoms with van der Waals surface area (Å²) in [5, 5.41) is 0. The van der Waals surface area contributed by atoms with E-state index >= 15 is 0 Å². The molecule has 0 unspecified atom stereocenters. The first-order chi connectivity index (χ1) is 3.39. The first kappa shape index (κ1) is 4.91. The number of rotatable bonds is 0. The third-order valence-corrected chi connectivity index (χ3v) is 1.28. The number of hydrogen-bond acceptors (Lipinski definition) is 2. The van der Waals surface area contributed by atoms with Crippen LogP contribution >= 0.6 is 12.2 Å². The Labute approximate surface area is 48.4 Å². The summed E-state index contributed by atoms with van der Waals surface area (Å²) in [5.41, 5.74) is 0. The first-order valence-corrected chi connectivity index (χ1v) is 2.80. The number of aliphatic imine (C=N–C) groups is 1. The number of hydrogen-bond donors (Lipinski definition) is 0. The van der Waals surface area contributed by atoms with E-state index in [4.69, 9.17) is 12.2 Å². The number of nitrogens with zero attached hydrogens (tertiary/aromatic N) is 1. The Kier molecular flexibility index (Phi) is 1.52. The van der Waals surface area contributed by atoms with Crippen molar-refractivity contribution in [3.63, 3.8) is 0 Å². The fraction of sp³-hybridized carbons (Fsp3) is 0.600. The van der Waals surface area contributed by atoms with E-state index in [1.165, 1.54) is 0 Å². The molecule has 0 aromatic rings. The third-order valence-electron chi connectivity index (χ3n) is 0.949. The second-order valence-corrected chi connectivity index (χ2v) is 2.18. The van der Waals surface area contributed by atoms with Crippen LogP contribution in [-0.4, -0.2) is 17.6 Å². The highest BCUT2D eigenvalue weighted by Crippen LogP contribution is 1.96. The third kappa shape index (κ3) is 1.35. The SMILES string of the molecule is S=C1CCC=NC1. The van der Waals surface area contributed by atoms with Gasteiger partial charge in [0, 0.05) is 4.86 Å². The molecule has 0 aromatic carbocycles. The Morgan fingerprint density at radius 1 is 1.71 bits per heavy atom. The maximum Gasteiger partial charge on any atom is 0.0698 e. The quantitative estimate of drug-likeness (QED) is 0.430. The minimum absolute atomic E-state index is 0.787. The molecule has 2 heteroatoms. The predicted molar refractivity (Wildman–Crippen MR) is 35.2 cm³/mol. The molecule has 7 heavy (non-hydrogen) atoms. The molecule has 0 radical (unpaired) electrons. The van der Waals surface area contributed by atoms with E-state index in [-0.39, 0.29) is 0 Å². The summed E-state index contributed by atoms with van der Waals surface area (Å²) in [5.74, 6) is 0. The lowest BCUT2D eigenvalue weighted by Crippen LogP contribution is -2.04. The fourth-order valence-electron chi connectivity index (χ4n) is 0.562. The summed E-state index contributed by atoms with van der Waals surface area (Å²) >= 11 is 4.89. The van der Waals surface area contributed by atoms with Gasteiger partial charge in [-0.05, 0) is 19.1 Å². The molecule has 0 atom stereocenters. The molecule has 1 aliphatic rings. The van der Waals surface area contributed by atoms with Crippen molar-refractivity contribution in [1.82, 2.24) is 0 Å². The van der Waals surface area contributed by atoms with Crippen LogP contribution in [0.2, 0.25) is 0 Å². The van der Waals surface area contributed by atoms with Gasteiger partial charge in [0.1, 0.15) is 0 Å². The molecule has 1 nitrogen and oxygen atoms in total. The van der Waals surface area contributed by atoms with Gasteiger partial charge in [-0.15, -0.1) is 0 Å². The molecule has 0 N–H and O–H groups in total. The molecule has 0 saturated heterocycles. The van der Waals surface area contributed by atoms with Crippen LogP contribution in [0, 0.1) is 0 Å². The lowest BCUT2D eigenvalue weighted by atomic mass is 10.2. The van der Waals surface area contributed by atoms with Crippen molar-refractivity contribution in [3.8, 4) is 0 Å². The lowest BCUT2D eigenvalue weighted by molar-refractivity contribution is 1.09. The van der Waals surface area contributed by atoms with Crippen LogP contribution in [0.25, 0.3) is 0 Å². The molecule has 0 amide bonds. The highest BCUT2D eigenvalue weighted by Gasteiger charge is 1.96. The second kappa shape index (κ2) is 2.17. The van der Waals surface area contributed by atoms with Gasteiger partial charge < -0.3 is 0 Å². The van der Waals surface area contributed by atoms with E-state index < -0.39 is 0 Å². The van der Waals surface area contributed by atoms with Crippen LogP contribution in [0.1, 0.15) is 12.8 Å². The highest BCUT2D eigenvalue weighted by molar-refractivity contribution is 7.80. The predicted octanol–water partition coefficient (Wildman–Crippen LogP) is 1.22. The molecular formula is C5H7NS.